The van der Waals surface area contributed by atoms with Gasteiger partial charge in [0, 0.05) is 31.4 Å². The number of carbonyl (C=O) groups is 4. The largest absolute Gasteiger partial charge is 0.356 e. The molecule has 1 saturated carbocycles. The van der Waals surface area contributed by atoms with Gasteiger partial charge in [0.2, 0.25) is 11.6 Å². The summed E-state index contributed by atoms with van der Waals surface area (Å²) in [6.07, 6.45) is 3.93. The molecule has 1 aromatic rings. The lowest BCUT2D eigenvalue weighted by molar-refractivity contribution is -0.163. The number of ketones is 2. The number of carbonyl (C=O) groups excluding carboxylic acids is 4. The van der Waals surface area contributed by atoms with Crippen molar-refractivity contribution in [2.45, 2.75) is 44.3 Å². The molecule has 0 bridgehead atoms. The first-order valence-electron chi connectivity index (χ1n) is 9.88. The van der Waals surface area contributed by atoms with Gasteiger partial charge in [-0.2, -0.15) is 0 Å². The molecule has 1 saturated heterocycles. The second kappa shape index (κ2) is 7.50. The van der Waals surface area contributed by atoms with E-state index in [9.17, 15) is 23.6 Å². The summed E-state index contributed by atoms with van der Waals surface area (Å²) >= 11 is 5.74. The molecule has 1 aliphatic carbocycles. The first-order chi connectivity index (χ1) is 14.3. The van der Waals surface area contributed by atoms with Crippen LogP contribution in [0.2, 0.25) is 5.02 Å². The molecule has 158 valence electrons. The molecule has 3 aliphatic rings. The normalized spacial score (nSPS) is 22.6. The summed E-state index contributed by atoms with van der Waals surface area (Å²) in [5.41, 5.74) is -0.541. The maximum absolute atomic E-state index is 14.0. The number of fused-ring (bicyclic) bond motifs is 1. The Morgan fingerprint density at radius 3 is 2.67 bits per heavy atom. The van der Waals surface area contributed by atoms with Gasteiger partial charge < -0.3 is 15.1 Å². The minimum atomic E-state index is -1.22. The molecule has 1 atom stereocenters. The zero-order valence-electron chi connectivity index (χ0n) is 16.4. The van der Waals surface area contributed by atoms with Gasteiger partial charge in [-0.25, -0.2) is 4.39 Å². The Kier molecular flexibility index (Phi) is 5.13. The van der Waals surface area contributed by atoms with Crippen LogP contribution in [0.3, 0.4) is 0 Å². The summed E-state index contributed by atoms with van der Waals surface area (Å²) in [6, 6.07) is 3.17. The summed E-state index contributed by atoms with van der Waals surface area (Å²) in [7, 11) is 0. The van der Waals surface area contributed by atoms with Crippen LogP contribution >= 0.6 is 11.6 Å². The maximum atomic E-state index is 14.0. The molecule has 7 nitrogen and oxygen atoms in total. The molecule has 2 amide bonds. The van der Waals surface area contributed by atoms with Gasteiger partial charge in [0.15, 0.2) is 6.04 Å². The van der Waals surface area contributed by atoms with E-state index in [4.69, 9.17) is 11.6 Å². The molecule has 2 heterocycles. The van der Waals surface area contributed by atoms with Crippen LogP contribution in [0.5, 0.6) is 0 Å². The summed E-state index contributed by atoms with van der Waals surface area (Å²) in [5.74, 6) is -3.76. The van der Waals surface area contributed by atoms with E-state index in [-0.39, 0.29) is 28.2 Å². The molecule has 2 fully saturated rings. The minimum Gasteiger partial charge on any atom is -0.356 e. The molecule has 1 N–H and O–H groups in total. The fraction of sp³-hybridized carbons (Fsp3) is 0.429. The average molecular weight is 434 g/mol. The second-order valence-electron chi connectivity index (χ2n) is 7.87. The monoisotopic (exact) mass is 433 g/mol. The fourth-order valence-electron chi connectivity index (χ4n) is 4.53. The molecule has 30 heavy (non-hydrogen) atoms. The van der Waals surface area contributed by atoms with E-state index in [0.29, 0.717) is 13.1 Å². The number of likely N-dealkylation sites (N-methyl/N-ethyl adjacent to an activating group) is 1. The van der Waals surface area contributed by atoms with Gasteiger partial charge in [0.25, 0.3) is 11.8 Å². The number of hydrogen-bond donors (Lipinski definition) is 1. The molecule has 1 spiro atoms. The third-order valence-electron chi connectivity index (χ3n) is 6.21. The van der Waals surface area contributed by atoms with E-state index >= 15 is 0 Å². The minimum absolute atomic E-state index is 0.0779. The molecule has 0 aromatic heterocycles. The predicted octanol–water partition coefficient (Wildman–Crippen LogP) is 1.59. The van der Waals surface area contributed by atoms with Crippen molar-refractivity contribution in [3.05, 3.63) is 46.4 Å². The first-order valence-corrected chi connectivity index (χ1v) is 10.3. The smallest absolute Gasteiger partial charge is 0.257 e. The van der Waals surface area contributed by atoms with E-state index in [1.807, 2.05) is 6.92 Å². The molecular formula is C21H21ClFN3O4. The van der Waals surface area contributed by atoms with Crippen LogP contribution in [-0.2, 0) is 25.7 Å². The fourth-order valence-corrected chi connectivity index (χ4v) is 4.72. The van der Waals surface area contributed by atoms with E-state index in [1.54, 1.807) is 11.0 Å². The number of benzene rings is 1. The molecule has 2 aliphatic heterocycles. The van der Waals surface area contributed by atoms with Crippen molar-refractivity contribution in [1.29, 1.82) is 0 Å². The van der Waals surface area contributed by atoms with Crippen molar-refractivity contribution in [3.8, 4) is 0 Å². The number of rotatable bonds is 4. The zero-order chi connectivity index (χ0) is 21.6. The number of amides is 2. The summed E-state index contributed by atoms with van der Waals surface area (Å²) < 4.78 is 14.0. The van der Waals surface area contributed by atoms with Crippen LogP contribution in [0.25, 0.3) is 0 Å². The molecule has 9 heteroatoms. The highest BCUT2D eigenvalue weighted by atomic mass is 35.5. The van der Waals surface area contributed by atoms with Crippen molar-refractivity contribution >= 4 is 35.0 Å². The Morgan fingerprint density at radius 1 is 1.30 bits per heavy atom. The second-order valence-corrected chi connectivity index (χ2v) is 8.27. The van der Waals surface area contributed by atoms with Crippen LogP contribution in [0.15, 0.2) is 30.0 Å². The predicted molar refractivity (Wildman–Crippen MR) is 106 cm³/mol. The number of nitrogens with one attached hydrogen (secondary N) is 1. The van der Waals surface area contributed by atoms with Crippen molar-refractivity contribution in [3.63, 3.8) is 0 Å². The van der Waals surface area contributed by atoms with Crippen molar-refractivity contribution in [2.75, 3.05) is 13.1 Å². The van der Waals surface area contributed by atoms with Crippen molar-refractivity contribution < 1.29 is 23.6 Å². The summed E-state index contributed by atoms with van der Waals surface area (Å²) in [6.45, 7) is 2.52. The summed E-state index contributed by atoms with van der Waals surface area (Å²) in [4.78, 5) is 54.0. The van der Waals surface area contributed by atoms with Gasteiger partial charge in [-0.3, -0.25) is 19.2 Å². The highest BCUT2D eigenvalue weighted by Crippen LogP contribution is 2.43. The molecule has 1 unspecified atom stereocenters. The van der Waals surface area contributed by atoms with Crippen molar-refractivity contribution in [2.24, 2.45) is 0 Å². The molecule has 1 aromatic carbocycles. The Bertz CT molecular complexity index is 988. The molecule has 0 radical (unpaired) electrons. The third kappa shape index (κ3) is 3.10. The van der Waals surface area contributed by atoms with Gasteiger partial charge in [-0.05, 0) is 32.3 Å². The quantitative estimate of drug-likeness (QED) is 0.442. The SMILES string of the molecule is CCN1C(=O)C2C(=O)C(=O)C(C(=O)NCc3cccc(Cl)c3F)=CN2CC12CCC2. The third-order valence-corrected chi connectivity index (χ3v) is 6.50. The highest BCUT2D eigenvalue weighted by molar-refractivity contribution is 6.54. The number of nitrogens with zero attached hydrogens (tertiary/aromatic N) is 2. The van der Waals surface area contributed by atoms with Crippen LogP contribution in [0.4, 0.5) is 4.39 Å². The zero-order valence-corrected chi connectivity index (χ0v) is 17.2. The Balaban J connectivity index is 1.57. The maximum Gasteiger partial charge on any atom is 0.257 e. The lowest BCUT2D eigenvalue weighted by Crippen LogP contribution is -2.72. The van der Waals surface area contributed by atoms with Crippen LogP contribution in [-0.4, -0.2) is 57.9 Å². The topological polar surface area (TPSA) is 86.8 Å². The number of halogens is 2. The highest BCUT2D eigenvalue weighted by Gasteiger charge is 2.56. The Labute approximate surface area is 177 Å². The lowest BCUT2D eigenvalue weighted by atomic mass is 9.72. The van der Waals surface area contributed by atoms with Gasteiger partial charge in [0.1, 0.15) is 11.4 Å². The van der Waals surface area contributed by atoms with Crippen LogP contribution < -0.4 is 5.32 Å². The van der Waals surface area contributed by atoms with E-state index < -0.39 is 35.2 Å². The van der Waals surface area contributed by atoms with E-state index in [1.165, 1.54) is 23.2 Å². The van der Waals surface area contributed by atoms with Gasteiger partial charge in [-0.15, -0.1) is 0 Å². The average Bonchev–Trinajstić information content (AvgIpc) is 2.69. The number of piperazine rings is 1. The first kappa shape index (κ1) is 20.5. The lowest BCUT2D eigenvalue weighted by Gasteiger charge is -2.57. The standard InChI is InChI=1S/C21H21ClFN3O4/c1-2-26-20(30)16-18(28)17(27)13(10-25(16)11-21(26)7-4-8-21)19(29)24-9-12-5-3-6-14(22)15(12)23/h3,5-6,10,16H,2,4,7-9,11H2,1H3,(H,24,29). The number of Topliss-reactive ketones (excluding diaryl/α,β-unsaturated/α-hetero) is 2. The van der Waals surface area contributed by atoms with Crippen LogP contribution in [0.1, 0.15) is 31.7 Å². The molecular weight excluding hydrogens is 413 g/mol. The van der Waals surface area contributed by atoms with Crippen molar-refractivity contribution in [1.82, 2.24) is 15.1 Å². The number of hydrogen-bond acceptors (Lipinski definition) is 5. The van der Waals surface area contributed by atoms with E-state index in [2.05, 4.69) is 5.32 Å². The molecule has 4 rings (SSSR count). The van der Waals surface area contributed by atoms with Gasteiger partial charge in [0.05, 0.1) is 10.6 Å². The van der Waals surface area contributed by atoms with Crippen LogP contribution in [0, 0.1) is 5.82 Å². The van der Waals surface area contributed by atoms with Gasteiger partial charge >= 0.3 is 0 Å². The Hall–Kier alpha value is -2.74. The van der Waals surface area contributed by atoms with E-state index in [0.717, 1.165) is 19.3 Å². The Morgan fingerprint density at radius 2 is 2.03 bits per heavy atom. The van der Waals surface area contributed by atoms with Gasteiger partial charge in [-0.1, -0.05) is 23.7 Å². The summed E-state index contributed by atoms with van der Waals surface area (Å²) in [5, 5.41) is 2.38.